The maximum absolute atomic E-state index is 12.4. The molecule has 0 aliphatic carbocycles. The van der Waals surface area contributed by atoms with Crippen molar-refractivity contribution < 1.29 is 13.9 Å². The van der Waals surface area contributed by atoms with Crippen LogP contribution in [0.1, 0.15) is 29.4 Å². The summed E-state index contributed by atoms with van der Waals surface area (Å²) < 4.78 is 12.8. The second kappa shape index (κ2) is 5.87. The highest BCUT2D eigenvalue weighted by Crippen LogP contribution is 2.23. The first kappa shape index (κ1) is 14.1. The largest absolute Gasteiger partial charge is 0.440 e. The summed E-state index contributed by atoms with van der Waals surface area (Å²) in [6, 6.07) is 3.13. The van der Waals surface area contributed by atoms with Gasteiger partial charge in [-0.2, -0.15) is 0 Å². The van der Waals surface area contributed by atoms with Gasteiger partial charge >= 0.3 is 0 Å². The molecule has 7 nitrogen and oxygen atoms in total. The highest BCUT2D eigenvalue weighted by molar-refractivity contribution is 6.29. The van der Waals surface area contributed by atoms with E-state index < -0.39 is 0 Å². The lowest BCUT2D eigenvalue weighted by molar-refractivity contribution is -0.0292. The van der Waals surface area contributed by atoms with E-state index >= 15 is 0 Å². The van der Waals surface area contributed by atoms with Gasteiger partial charge in [0, 0.05) is 13.1 Å². The van der Waals surface area contributed by atoms with E-state index in [-0.39, 0.29) is 23.0 Å². The monoisotopic (exact) mass is 310 g/mol. The first-order chi connectivity index (χ1) is 10.2. The summed E-state index contributed by atoms with van der Waals surface area (Å²) in [5.74, 6) is 0.767. The van der Waals surface area contributed by atoms with Gasteiger partial charge in [-0.1, -0.05) is 0 Å². The molecule has 1 saturated heterocycles. The predicted octanol–water partition coefficient (Wildman–Crippen LogP) is 1.76. The molecule has 0 saturated carbocycles. The Labute approximate surface area is 126 Å². The van der Waals surface area contributed by atoms with Crippen LogP contribution in [-0.2, 0) is 11.3 Å². The van der Waals surface area contributed by atoms with Crippen LogP contribution in [0.5, 0.6) is 0 Å². The fourth-order valence-electron chi connectivity index (χ4n) is 2.33. The summed E-state index contributed by atoms with van der Waals surface area (Å²) in [4.78, 5) is 14.0. The van der Waals surface area contributed by atoms with Gasteiger partial charge in [-0.05, 0) is 30.7 Å². The van der Waals surface area contributed by atoms with Crippen LogP contribution in [0, 0.1) is 0 Å². The lowest BCUT2D eigenvalue weighted by atomic mass is 10.2. The molecule has 0 spiro atoms. The van der Waals surface area contributed by atoms with E-state index in [1.54, 1.807) is 23.4 Å². The molecule has 1 fully saturated rings. The van der Waals surface area contributed by atoms with Crippen molar-refractivity contribution >= 4 is 17.5 Å². The van der Waals surface area contributed by atoms with E-state index in [0.29, 0.717) is 19.7 Å². The number of nitrogens with zero attached hydrogens (tertiary/aromatic N) is 4. The maximum atomic E-state index is 12.4. The fraction of sp³-hybridized carbons (Fsp3) is 0.462. The SMILES string of the molecule is CCn1cnnc1[C@H]1CN(C(=O)c2ccc(Cl)o2)CCO1. The molecule has 1 aliphatic rings. The van der Waals surface area contributed by atoms with Crippen molar-refractivity contribution in [2.24, 2.45) is 0 Å². The van der Waals surface area contributed by atoms with Crippen LogP contribution < -0.4 is 0 Å². The smallest absolute Gasteiger partial charge is 0.289 e. The van der Waals surface area contributed by atoms with Crippen LogP contribution in [0.3, 0.4) is 0 Å². The standard InChI is InChI=1S/C13H15ClN4O3/c1-2-17-8-15-16-12(17)10-7-18(5-6-20-10)13(19)9-3-4-11(14)21-9/h3-4,8,10H,2,5-7H2,1H3/t10-/m1/s1. The van der Waals surface area contributed by atoms with Gasteiger partial charge in [0.05, 0.1) is 13.2 Å². The molecule has 0 N–H and O–H groups in total. The zero-order valence-electron chi connectivity index (χ0n) is 11.5. The lowest BCUT2D eigenvalue weighted by Gasteiger charge is -2.31. The molecule has 112 valence electrons. The lowest BCUT2D eigenvalue weighted by Crippen LogP contribution is -2.42. The molecular formula is C13H15ClN4O3. The van der Waals surface area contributed by atoms with Gasteiger partial charge in [0.15, 0.2) is 16.8 Å². The number of hydrogen-bond acceptors (Lipinski definition) is 5. The summed E-state index contributed by atoms with van der Waals surface area (Å²) in [6.45, 7) is 4.12. The third-order valence-electron chi connectivity index (χ3n) is 3.41. The number of rotatable bonds is 3. The summed E-state index contributed by atoms with van der Waals surface area (Å²) in [5, 5.41) is 8.18. The number of aryl methyl sites for hydroxylation is 1. The van der Waals surface area contributed by atoms with E-state index in [2.05, 4.69) is 10.2 Å². The van der Waals surface area contributed by atoms with Crippen molar-refractivity contribution in [2.75, 3.05) is 19.7 Å². The molecule has 1 atom stereocenters. The normalized spacial score (nSPS) is 19.0. The van der Waals surface area contributed by atoms with Gasteiger partial charge in [-0.25, -0.2) is 0 Å². The van der Waals surface area contributed by atoms with Crippen molar-refractivity contribution in [2.45, 2.75) is 19.6 Å². The van der Waals surface area contributed by atoms with Crippen LogP contribution >= 0.6 is 11.6 Å². The molecule has 3 heterocycles. The van der Waals surface area contributed by atoms with Crippen molar-refractivity contribution in [3.8, 4) is 0 Å². The van der Waals surface area contributed by atoms with E-state index in [4.69, 9.17) is 20.8 Å². The zero-order valence-corrected chi connectivity index (χ0v) is 12.3. The molecule has 21 heavy (non-hydrogen) atoms. The quantitative estimate of drug-likeness (QED) is 0.863. The number of carbonyl (C=O) groups is 1. The van der Waals surface area contributed by atoms with Crippen LogP contribution in [-0.4, -0.2) is 45.3 Å². The van der Waals surface area contributed by atoms with Crippen molar-refractivity contribution in [3.63, 3.8) is 0 Å². The van der Waals surface area contributed by atoms with Crippen LogP contribution in [0.25, 0.3) is 0 Å². The minimum absolute atomic E-state index is 0.197. The molecule has 0 unspecified atom stereocenters. The summed E-state index contributed by atoms with van der Waals surface area (Å²) in [5.41, 5.74) is 0. The van der Waals surface area contributed by atoms with E-state index in [9.17, 15) is 4.79 Å². The summed E-state index contributed by atoms with van der Waals surface area (Å²) in [6.07, 6.45) is 1.38. The molecule has 0 bridgehead atoms. The Morgan fingerprint density at radius 1 is 1.52 bits per heavy atom. The van der Waals surface area contributed by atoms with Gasteiger partial charge < -0.3 is 18.6 Å². The molecule has 3 rings (SSSR count). The highest BCUT2D eigenvalue weighted by atomic mass is 35.5. The summed E-state index contributed by atoms with van der Waals surface area (Å²) in [7, 11) is 0. The molecule has 1 aliphatic heterocycles. The third kappa shape index (κ3) is 2.79. The van der Waals surface area contributed by atoms with Gasteiger partial charge in [0.25, 0.3) is 5.91 Å². The van der Waals surface area contributed by atoms with E-state index in [1.165, 1.54) is 0 Å². The van der Waals surface area contributed by atoms with E-state index in [1.807, 2.05) is 11.5 Å². The average Bonchev–Trinajstić information content (AvgIpc) is 3.15. The Balaban J connectivity index is 1.75. The number of morpholine rings is 1. The minimum Gasteiger partial charge on any atom is -0.440 e. The summed E-state index contributed by atoms with van der Waals surface area (Å²) >= 11 is 5.71. The molecule has 2 aromatic heterocycles. The first-order valence-corrected chi connectivity index (χ1v) is 7.10. The van der Waals surface area contributed by atoms with Crippen molar-refractivity contribution in [1.29, 1.82) is 0 Å². The number of aromatic nitrogens is 3. The number of hydrogen-bond donors (Lipinski definition) is 0. The van der Waals surface area contributed by atoms with Crippen molar-refractivity contribution in [1.82, 2.24) is 19.7 Å². The average molecular weight is 311 g/mol. The molecule has 0 aromatic carbocycles. The van der Waals surface area contributed by atoms with Crippen LogP contribution in [0.4, 0.5) is 0 Å². The number of carbonyl (C=O) groups excluding carboxylic acids is 1. The Morgan fingerprint density at radius 3 is 3.10 bits per heavy atom. The Bertz CT molecular complexity index is 639. The Kier molecular flexibility index (Phi) is 3.94. The number of ether oxygens (including phenoxy) is 1. The fourth-order valence-corrected chi connectivity index (χ4v) is 2.48. The molecule has 8 heteroatoms. The molecule has 0 radical (unpaired) electrons. The predicted molar refractivity (Wildman–Crippen MR) is 74.0 cm³/mol. The van der Waals surface area contributed by atoms with Crippen LogP contribution in [0.15, 0.2) is 22.9 Å². The van der Waals surface area contributed by atoms with Gasteiger partial charge in [-0.3, -0.25) is 4.79 Å². The minimum atomic E-state index is -0.282. The molecular weight excluding hydrogens is 296 g/mol. The maximum Gasteiger partial charge on any atom is 0.289 e. The molecule has 2 aromatic rings. The van der Waals surface area contributed by atoms with Gasteiger partial charge in [0.2, 0.25) is 0 Å². The Morgan fingerprint density at radius 2 is 2.38 bits per heavy atom. The molecule has 1 amide bonds. The van der Waals surface area contributed by atoms with E-state index in [0.717, 1.165) is 12.4 Å². The second-order valence-corrected chi connectivity index (χ2v) is 5.06. The van der Waals surface area contributed by atoms with Crippen molar-refractivity contribution in [3.05, 3.63) is 35.3 Å². The van der Waals surface area contributed by atoms with Crippen LogP contribution in [0.2, 0.25) is 5.22 Å². The Hall–Kier alpha value is -1.86. The first-order valence-electron chi connectivity index (χ1n) is 6.73. The highest BCUT2D eigenvalue weighted by Gasteiger charge is 2.30. The topological polar surface area (TPSA) is 73.4 Å². The number of amides is 1. The number of furan rings is 1. The second-order valence-electron chi connectivity index (χ2n) is 4.69. The van der Waals surface area contributed by atoms with Gasteiger partial charge in [0.1, 0.15) is 12.4 Å². The zero-order chi connectivity index (χ0) is 14.8. The van der Waals surface area contributed by atoms with Gasteiger partial charge in [-0.15, -0.1) is 10.2 Å². The third-order valence-corrected chi connectivity index (χ3v) is 3.61. The number of halogens is 1.